The average molecular weight is 320 g/mol. The van der Waals surface area contributed by atoms with Crippen LogP contribution >= 0.6 is 11.8 Å². The van der Waals surface area contributed by atoms with Gasteiger partial charge in [0.1, 0.15) is 0 Å². The number of hydrogen-bond donors (Lipinski definition) is 0. The van der Waals surface area contributed by atoms with Gasteiger partial charge in [0.15, 0.2) is 0 Å². The standard InChI is InChI=1S/C19H29NOS/c1-15(2)8-7-9-16(3)12-19-20(18(21)14-22-19)13-17-10-5-4-6-11-17/h4-6,10-11,15-16,19H,7-9,12-14H2,1-3H3. The lowest BCUT2D eigenvalue weighted by Gasteiger charge is -2.26. The number of amides is 1. The lowest BCUT2D eigenvalue weighted by Crippen LogP contribution is -2.33. The van der Waals surface area contributed by atoms with E-state index in [1.807, 2.05) is 30.0 Å². The van der Waals surface area contributed by atoms with Crippen molar-refractivity contribution in [1.82, 2.24) is 4.90 Å². The highest BCUT2D eigenvalue weighted by molar-refractivity contribution is 8.00. The first-order valence-corrected chi connectivity index (χ1v) is 9.56. The molecule has 22 heavy (non-hydrogen) atoms. The predicted octanol–water partition coefficient (Wildman–Crippen LogP) is 4.94. The number of carbonyl (C=O) groups excluding carboxylic acids is 1. The van der Waals surface area contributed by atoms with Gasteiger partial charge in [0.2, 0.25) is 5.91 Å². The molecule has 0 spiro atoms. The smallest absolute Gasteiger partial charge is 0.233 e. The van der Waals surface area contributed by atoms with Crippen molar-refractivity contribution in [1.29, 1.82) is 0 Å². The molecule has 2 atom stereocenters. The van der Waals surface area contributed by atoms with Crippen molar-refractivity contribution in [2.45, 2.75) is 58.4 Å². The monoisotopic (exact) mass is 319 g/mol. The minimum absolute atomic E-state index is 0.299. The van der Waals surface area contributed by atoms with Crippen LogP contribution in [0.5, 0.6) is 0 Å². The largest absolute Gasteiger partial charge is 0.326 e. The summed E-state index contributed by atoms with van der Waals surface area (Å²) in [5.74, 6) is 2.44. The molecular formula is C19H29NOS. The van der Waals surface area contributed by atoms with E-state index < -0.39 is 0 Å². The number of nitrogens with zero attached hydrogens (tertiary/aromatic N) is 1. The van der Waals surface area contributed by atoms with E-state index in [9.17, 15) is 4.79 Å². The van der Waals surface area contributed by atoms with E-state index in [4.69, 9.17) is 0 Å². The van der Waals surface area contributed by atoms with Crippen LogP contribution in [-0.2, 0) is 11.3 Å². The molecule has 1 aliphatic rings. The Hall–Kier alpha value is -0.960. The second-order valence-electron chi connectivity index (χ2n) is 6.94. The van der Waals surface area contributed by atoms with Crippen molar-refractivity contribution in [3.05, 3.63) is 35.9 Å². The zero-order valence-electron chi connectivity index (χ0n) is 14.1. The zero-order chi connectivity index (χ0) is 15.9. The van der Waals surface area contributed by atoms with Crippen LogP contribution in [0.15, 0.2) is 30.3 Å². The van der Waals surface area contributed by atoms with Gasteiger partial charge in [-0.25, -0.2) is 0 Å². The fourth-order valence-corrected chi connectivity index (χ4v) is 4.34. The van der Waals surface area contributed by atoms with Gasteiger partial charge in [0.05, 0.1) is 11.1 Å². The molecule has 1 aromatic carbocycles. The highest BCUT2D eigenvalue weighted by Crippen LogP contribution is 2.32. The number of rotatable bonds is 8. The topological polar surface area (TPSA) is 20.3 Å². The van der Waals surface area contributed by atoms with Crippen LogP contribution in [0.25, 0.3) is 0 Å². The Morgan fingerprint density at radius 2 is 1.91 bits per heavy atom. The first-order valence-electron chi connectivity index (χ1n) is 8.51. The summed E-state index contributed by atoms with van der Waals surface area (Å²) in [5, 5.41) is 0.363. The number of thioether (sulfide) groups is 1. The fraction of sp³-hybridized carbons (Fsp3) is 0.632. The number of carbonyl (C=O) groups is 1. The van der Waals surface area contributed by atoms with Crippen molar-refractivity contribution >= 4 is 17.7 Å². The molecule has 2 unspecified atom stereocenters. The third-order valence-electron chi connectivity index (χ3n) is 4.35. The first-order chi connectivity index (χ1) is 10.6. The minimum Gasteiger partial charge on any atom is -0.326 e. The summed E-state index contributed by atoms with van der Waals surface area (Å²) in [4.78, 5) is 14.3. The molecular weight excluding hydrogens is 290 g/mol. The van der Waals surface area contributed by atoms with E-state index in [2.05, 4.69) is 37.8 Å². The minimum atomic E-state index is 0.299. The lowest BCUT2D eigenvalue weighted by molar-refractivity contribution is -0.128. The van der Waals surface area contributed by atoms with Gasteiger partial charge >= 0.3 is 0 Å². The van der Waals surface area contributed by atoms with Crippen molar-refractivity contribution in [2.75, 3.05) is 5.75 Å². The summed E-state index contributed by atoms with van der Waals surface area (Å²) >= 11 is 1.82. The van der Waals surface area contributed by atoms with Gasteiger partial charge in [-0.15, -0.1) is 11.8 Å². The van der Waals surface area contributed by atoms with Crippen LogP contribution in [0.4, 0.5) is 0 Å². The van der Waals surface area contributed by atoms with Crippen molar-refractivity contribution in [2.24, 2.45) is 11.8 Å². The molecule has 1 fully saturated rings. The second-order valence-corrected chi connectivity index (χ2v) is 8.10. The maximum atomic E-state index is 12.2. The van der Waals surface area contributed by atoms with Crippen molar-refractivity contribution in [3.63, 3.8) is 0 Å². The predicted molar refractivity (Wildman–Crippen MR) is 95.7 cm³/mol. The summed E-state index contributed by atoms with van der Waals surface area (Å²) in [6.07, 6.45) is 5.03. The Kier molecular flexibility index (Phi) is 6.81. The Morgan fingerprint density at radius 1 is 1.18 bits per heavy atom. The molecule has 0 N–H and O–H groups in total. The van der Waals surface area contributed by atoms with Crippen LogP contribution in [0, 0.1) is 11.8 Å². The van der Waals surface area contributed by atoms with Gasteiger partial charge < -0.3 is 4.90 Å². The summed E-state index contributed by atoms with van der Waals surface area (Å²) in [6.45, 7) is 7.68. The maximum absolute atomic E-state index is 12.2. The number of benzene rings is 1. The van der Waals surface area contributed by atoms with Crippen molar-refractivity contribution in [3.8, 4) is 0 Å². The molecule has 1 aromatic rings. The highest BCUT2D eigenvalue weighted by Gasteiger charge is 2.32. The van der Waals surface area contributed by atoms with Crippen molar-refractivity contribution < 1.29 is 4.79 Å². The van der Waals surface area contributed by atoms with E-state index in [0.29, 0.717) is 23.0 Å². The van der Waals surface area contributed by atoms with Gasteiger partial charge in [-0.3, -0.25) is 4.79 Å². The third-order valence-corrected chi connectivity index (χ3v) is 5.59. The van der Waals surface area contributed by atoms with Gasteiger partial charge in [-0.05, 0) is 23.8 Å². The summed E-state index contributed by atoms with van der Waals surface area (Å²) < 4.78 is 0. The molecule has 0 aromatic heterocycles. The fourth-order valence-electron chi connectivity index (χ4n) is 3.00. The maximum Gasteiger partial charge on any atom is 0.233 e. The molecule has 1 amide bonds. The summed E-state index contributed by atoms with van der Waals surface area (Å²) in [7, 11) is 0. The molecule has 0 saturated carbocycles. The Labute approximate surface area is 139 Å². The normalized spacial score (nSPS) is 19.9. The van der Waals surface area contributed by atoms with E-state index in [-0.39, 0.29) is 0 Å². The molecule has 0 bridgehead atoms. The van der Waals surface area contributed by atoms with Crippen LogP contribution in [-0.4, -0.2) is 21.9 Å². The highest BCUT2D eigenvalue weighted by atomic mass is 32.2. The molecule has 3 heteroatoms. The van der Waals surface area contributed by atoms with E-state index >= 15 is 0 Å². The van der Waals surface area contributed by atoms with Gasteiger partial charge in [-0.1, -0.05) is 70.4 Å². The van der Waals surface area contributed by atoms with Crippen LogP contribution in [0.3, 0.4) is 0 Å². The second kappa shape index (κ2) is 8.61. The summed E-state index contributed by atoms with van der Waals surface area (Å²) in [5.41, 5.74) is 1.23. The van der Waals surface area contributed by atoms with Crippen LogP contribution in [0.1, 0.15) is 52.0 Å². The first kappa shape index (κ1) is 17.4. The van der Waals surface area contributed by atoms with Gasteiger partial charge in [0.25, 0.3) is 0 Å². The van der Waals surface area contributed by atoms with Crippen LogP contribution in [0.2, 0.25) is 0 Å². The molecule has 2 rings (SSSR count). The Bertz CT molecular complexity index is 460. The molecule has 1 saturated heterocycles. The molecule has 122 valence electrons. The molecule has 2 nitrogen and oxygen atoms in total. The SMILES string of the molecule is CC(C)CCCC(C)CC1SCC(=O)N1Cc1ccccc1. The van der Waals surface area contributed by atoms with E-state index in [0.717, 1.165) is 18.9 Å². The Morgan fingerprint density at radius 3 is 2.59 bits per heavy atom. The molecule has 1 aliphatic heterocycles. The van der Waals surface area contributed by atoms with Gasteiger partial charge in [-0.2, -0.15) is 0 Å². The number of hydrogen-bond acceptors (Lipinski definition) is 2. The van der Waals surface area contributed by atoms with Gasteiger partial charge in [0, 0.05) is 6.54 Å². The van der Waals surface area contributed by atoms with Crippen LogP contribution < -0.4 is 0 Å². The molecule has 0 aliphatic carbocycles. The molecule has 1 heterocycles. The Balaban J connectivity index is 1.85. The third kappa shape index (κ3) is 5.35. The summed E-state index contributed by atoms with van der Waals surface area (Å²) in [6, 6.07) is 10.3. The quantitative estimate of drug-likeness (QED) is 0.676. The lowest BCUT2D eigenvalue weighted by atomic mass is 9.97. The van der Waals surface area contributed by atoms with E-state index in [1.54, 1.807) is 0 Å². The zero-order valence-corrected chi connectivity index (χ0v) is 14.9. The average Bonchev–Trinajstić information content (AvgIpc) is 2.81. The van der Waals surface area contributed by atoms with E-state index in [1.165, 1.54) is 24.8 Å². The molecule has 0 radical (unpaired) electrons.